The summed E-state index contributed by atoms with van der Waals surface area (Å²) in [5.74, 6) is 0.538. The van der Waals surface area contributed by atoms with Crippen LogP contribution in [0.3, 0.4) is 0 Å². The maximum Gasteiger partial charge on any atom is 0.244 e. The van der Waals surface area contributed by atoms with Crippen LogP contribution in [0.25, 0.3) is 16.2 Å². The van der Waals surface area contributed by atoms with Gasteiger partial charge in [-0.1, -0.05) is 18.2 Å². The van der Waals surface area contributed by atoms with E-state index in [1.807, 2.05) is 20.2 Å². The van der Waals surface area contributed by atoms with Crippen LogP contribution in [0.1, 0.15) is 17.4 Å². The molecule has 124 valence electrons. The van der Waals surface area contributed by atoms with E-state index in [1.165, 1.54) is 21.7 Å². The van der Waals surface area contributed by atoms with Gasteiger partial charge in [-0.2, -0.15) is 0 Å². The summed E-state index contributed by atoms with van der Waals surface area (Å²) in [5.41, 5.74) is 1.25. The smallest absolute Gasteiger partial charge is 0.244 e. The lowest BCUT2D eigenvalue weighted by Gasteiger charge is -2.24. The molecule has 0 radical (unpaired) electrons. The monoisotopic (exact) mass is 340 g/mol. The van der Waals surface area contributed by atoms with Crippen LogP contribution >= 0.6 is 11.3 Å². The predicted molar refractivity (Wildman–Crippen MR) is 99.0 cm³/mol. The molecule has 1 atom stereocenters. The van der Waals surface area contributed by atoms with E-state index < -0.39 is 0 Å². The van der Waals surface area contributed by atoms with Gasteiger partial charge in [-0.3, -0.25) is 4.79 Å². The molecule has 1 N–H and O–H groups in total. The molecule has 3 aromatic rings. The van der Waals surface area contributed by atoms with Crippen LogP contribution in [0.5, 0.6) is 0 Å². The summed E-state index contributed by atoms with van der Waals surface area (Å²) in [4.78, 5) is 14.2. The van der Waals surface area contributed by atoms with Gasteiger partial charge in [0.05, 0.1) is 12.3 Å². The lowest BCUT2D eigenvalue weighted by atomic mass is 10.0. The van der Waals surface area contributed by atoms with E-state index in [-0.39, 0.29) is 11.9 Å². The van der Waals surface area contributed by atoms with Crippen molar-refractivity contribution < 1.29 is 9.21 Å². The van der Waals surface area contributed by atoms with Gasteiger partial charge in [0.2, 0.25) is 5.91 Å². The number of rotatable bonds is 6. The van der Waals surface area contributed by atoms with Gasteiger partial charge < -0.3 is 14.6 Å². The number of benzene rings is 1. The standard InChI is InChI=1S/C19H20N2O2S/c1-21(2)17(16-13-24-18-8-4-3-7-15(16)18)12-20-19(22)10-9-14-6-5-11-23-14/h3-11,13,17H,12H2,1-2H3,(H,20,22). The zero-order chi connectivity index (χ0) is 16.9. The van der Waals surface area contributed by atoms with Crippen molar-refractivity contribution in [2.45, 2.75) is 6.04 Å². The van der Waals surface area contributed by atoms with Crippen molar-refractivity contribution >= 4 is 33.4 Å². The highest BCUT2D eigenvalue weighted by molar-refractivity contribution is 7.17. The first-order valence-corrected chi connectivity index (χ1v) is 8.65. The Hall–Kier alpha value is -2.37. The van der Waals surface area contributed by atoms with Gasteiger partial charge in [-0.15, -0.1) is 11.3 Å². The molecule has 0 aliphatic heterocycles. The predicted octanol–water partition coefficient (Wildman–Crippen LogP) is 3.93. The molecule has 0 aliphatic carbocycles. The van der Waals surface area contributed by atoms with Crippen molar-refractivity contribution in [2.75, 3.05) is 20.6 Å². The second-order valence-corrected chi connectivity index (χ2v) is 6.67. The maximum atomic E-state index is 12.0. The van der Waals surface area contributed by atoms with Crippen LogP contribution in [0.4, 0.5) is 0 Å². The fraction of sp³-hybridized carbons (Fsp3) is 0.211. The van der Waals surface area contributed by atoms with Gasteiger partial charge >= 0.3 is 0 Å². The van der Waals surface area contributed by atoms with E-state index in [9.17, 15) is 4.79 Å². The molecule has 1 aromatic carbocycles. The first kappa shape index (κ1) is 16.5. The van der Waals surface area contributed by atoms with E-state index in [1.54, 1.807) is 29.7 Å². The molecule has 2 heterocycles. The molecular weight excluding hydrogens is 320 g/mol. The molecule has 0 fully saturated rings. The Kier molecular flexibility index (Phi) is 5.13. The lowest BCUT2D eigenvalue weighted by molar-refractivity contribution is -0.116. The number of hydrogen-bond donors (Lipinski definition) is 1. The fourth-order valence-corrected chi connectivity index (χ4v) is 3.64. The number of thiophene rings is 1. The molecule has 0 saturated carbocycles. The van der Waals surface area contributed by atoms with Crippen molar-refractivity contribution in [3.63, 3.8) is 0 Å². The minimum atomic E-state index is -0.127. The second kappa shape index (κ2) is 7.47. The summed E-state index contributed by atoms with van der Waals surface area (Å²) in [6.07, 6.45) is 4.75. The van der Waals surface area contributed by atoms with Crippen LogP contribution in [0.2, 0.25) is 0 Å². The maximum absolute atomic E-state index is 12.0. The number of nitrogens with one attached hydrogen (secondary N) is 1. The summed E-state index contributed by atoms with van der Waals surface area (Å²) in [5, 5.41) is 6.41. The number of fused-ring (bicyclic) bond motifs is 1. The van der Waals surface area contributed by atoms with Crippen LogP contribution in [0.15, 0.2) is 58.5 Å². The van der Waals surface area contributed by atoms with E-state index in [2.05, 4.69) is 39.9 Å². The third kappa shape index (κ3) is 3.75. The van der Waals surface area contributed by atoms with Crippen molar-refractivity contribution in [3.05, 3.63) is 65.4 Å². The molecule has 0 aliphatic rings. The Morgan fingerprint density at radius 1 is 1.29 bits per heavy atom. The molecule has 24 heavy (non-hydrogen) atoms. The third-order valence-electron chi connectivity index (χ3n) is 3.91. The Balaban J connectivity index is 1.69. The zero-order valence-corrected chi connectivity index (χ0v) is 14.5. The van der Waals surface area contributed by atoms with Crippen molar-refractivity contribution in [1.29, 1.82) is 0 Å². The summed E-state index contributed by atoms with van der Waals surface area (Å²) >= 11 is 1.74. The highest BCUT2D eigenvalue weighted by Gasteiger charge is 2.18. The molecule has 1 amide bonds. The minimum Gasteiger partial charge on any atom is -0.465 e. The second-order valence-electron chi connectivity index (χ2n) is 5.76. The average Bonchev–Trinajstić information content (AvgIpc) is 3.23. The minimum absolute atomic E-state index is 0.127. The van der Waals surface area contributed by atoms with Gasteiger partial charge in [-0.25, -0.2) is 0 Å². The zero-order valence-electron chi connectivity index (χ0n) is 13.7. The molecule has 0 saturated heterocycles. The number of likely N-dealkylation sites (N-methyl/N-ethyl adjacent to an activating group) is 1. The number of carbonyl (C=O) groups is 1. The largest absolute Gasteiger partial charge is 0.465 e. The topological polar surface area (TPSA) is 45.5 Å². The van der Waals surface area contributed by atoms with E-state index in [0.717, 1.165) is 0 Å². The van der Waals surface area contributed by atoms with Crippen molar-refractivity contribution in [1.82, 2.24) is 10.2 Å². The van der Waals surface area contributed by atoms with Crippen LogP contribution in [-0.2, 0) is 4.79 Å². The third-order valence-corrected chi connectivity index (χ3v) is 4.89. The van der Waals surface area contributed by atoms with Gasteiger partial charge in [0.15, 0.2) is 0 Å². The molecule has 0 bridgehead atoms. The fourth-order valence-electron chi connectivity index (χ4n) is 2.63. The van der Waals surface area contributed by atoms with Crippen molar-refractivity contribution in [3.8, 4) is 0 Å². The number of amides is 1. The lowest BCUT2D eigenvalue weighted by Crippen LogP contribution is -2.33. The molecule has 5 heteroatoms. The van der Waals surface area contributed by atoms with Gasteiger partial charge in [-0.05, 0) is 54.7 Å². The molecule has 3 rings (SSSR count). The quantitative estimate of drug-likeness (QED) is 0.692. The Bertz CT molecular complexity index is 834. The first-order chi connectivity index (χ1) is 11.6. The highest BCUT2D eigenvalue weighted by atomic mass is 32.1. The summed E-state index contributed by atoms with van der Waals surface area (Å²) in [6, 6.07) is 12.1. The number of carbonyl (C=O) groups excluding carboxylic acids is 1. The number of furan rings is 1. The van der Waals surface area contributed by atoms with Gasteiger partial charge in [0.25, 0.3) is 0 Å². The van der Waals surface area contributed by atoms with Crippen LogP contribution in [0, 0.1) is 0 Å². The van der Waals surface area contributed by atoms with Crippen LogP contribution in [-0.4, -0.2) is 31.4 Å². The van der Waals surface area contributed by atoms with Gasteiger partial charge in [0.1, 0.15) is 5.76 Å². The summed E-state index contributed by atoms with van der Waals surface area (Å²) < 4.78 is 6.45. The van der Waals surface area contributed by atoms with Crippen molar-refractivity contribution in [2.24, 2.45) is 0 Å². The SMILES string of the molecule is CN(C)C(CNC(=O)C=Cc1ccco1)c1csc2ccccc12. The van der Waals surface area contributed by atoms with Crippen LogP contribution < -0.4 is 5.32 Å². The molecule has 1 unspecified atom stereocenters. The molecule has 0 spiro atoms. The van der Waals surface area contributed by atoms with E-state index >= 15 is 0 Å². The Labute approximate surface area is 145 Å². The number of hydrogen-bond acceptors (Lipinski definition) is 4. The number of nitrogens with zero attached hydrogens (tertiary/aromatic N) is 1. The van der Waals surface area contributed by atoms with E-state index in [0.29, 0.717) is 12.3 Å². The average molecular weight is 340 g/mol. The first-order valence-electron chi connectivity index (χ1n) is 7.77. The Morgan fingerprint density at radius 2 is 2.12 bits per heavy atom. The van der Waals surface area contributed by atoms with Gasteiger partial charge in [0, 0.05) is 17.3 Å². The normalized spacial score (nSPS) is 13.0. The summed E-state index contributed by atoms with van der Waals surface area (Å²) in [7, 11) is 4.06. The molecule has 2 aromatic heterocycles. The Morgan fingerprint density at radius 3 is 2.88 bits per heavy atom. The summed E-state index contributed by atoms with van der Waals surface area (Å²) in [6.45, 7) is 0.551. The van der Waals surface area contributed by atoms with E-state index in [4.69, 9.17) is 4.42 Å². The molecule has 4 nitrogen and oxygen atoms in total. The molecular formula is C19H20N2O2S. The highest BCUT2D eigenvalue weighted by Crippen LogP contribution is 2.31.